The van der Waals surface area contributed by atoms with Gasteiger partial charge in [-0.25, -0.2) is 4.79 Å². The van der Waals surface area contributed by atoms with Crippen molar-refractivity contribution in [3.8, 4) is 0 Å². The van der Waals surface area contributed by atoms with Crippen molar-refractivity contribution < 1.29 is 9.53 Å². The highest BCUT2D eigenvalue weighted by molar-refractivity contribution is 9.09. The van der Waals surface area contributed by atoms with E-state index in [1.165, 1.54) is 0 Å². The molecule has 4 heteroatoms. The molecule has 0 aliphatic heterocycles. The Morgan fingerprint density at radius 2 is 2.20 bits per heavy atom. The van der Waals surface area contributed by atoms with E-state index in [1.54, 1.807) is 0 Å². The maximum absolute atomic E-state index is 11.4. The van der Waals surface area contributed by atoms with Crippen LogP contribution in [0, 0.1) is 5.92 Å². The summed E-state index contributed by atoms with van der Waals surface area (Å²) in [5.41, 5.74) is -0.429. The van der Waals surface area contributed by atoms with Crippen molar-refractivity contribution in [3.05, 3.63) is 12.2 Å². The molecule has 2 atom stereocenters. The third-order valence-electron chi connectivity index (χ3n) is 2.07. The molecule has 0 spiro atoms. The fraction of sp³-hybridized carbons (Fsp3) is 0.727. The Bertz CT molecular complexity index is 258. The molecule has 1 N–H and O–H groups in total. The molecule has 1 aliphatic rings. The Labute approximate surface area is 99.4 Å². The van der Waals surface area contributed by atoms with E-state index in [0.717, 1.165) is 11.8 Å². The topological polar surface area (TPSA) is 38.3 Å². The van der Waals surface area contributed by atoms with Crippen LogP contribution in [0.1, 0.15) is 27.2 Å². The zero-order valence-electron chi connectivity index (χ0n) is 9.42. The molecule has 15 heavy (non-hydrogen) atoms. The molecule has 0 heterocycles. The first-order valence-electron chi connectivity index (χ1n) is 5.14. The van der Waals surface area contributed by atoms with Crippen molar-refractivity contribution in [2.75, 3.05) is 5.33 Å². The molecule has 1 aliphatic carbocycles. The number of halogens is 1. The largest absolute Gasteiger partial charge is 0.444 e. The standard InChI is InChI=1S/C11H18BrNO2/c1-11(2,3)15-10(14)13-9-5-4-8(6-9)7-12/h4-5,8-9H,6-7H2,1-3H3,(H,13,14)/t8-,9+/m1/s1. The summed E-state index contributed by atoms with van der Waals surface area (Å²) < 4.78 is 5.17. The van der Waals surface area contributed by atoms with Crippen LogP contribution in [0.25, 0.3) is 0 Å². The van der Waals surface area contributed by atoms with Crippen LogP contribution in [0.2, 0.25) is 0 Å². The van der Waals surface area contributed by atoms with E-state index in [1.807, 2.05) is 26.8 Å². The maximum atomic E-state index is 11.4. The third-order valence-corrected chi connectivity index (χ3v) is 2.90. The van der Waals surface area contributed by atoms with Crippen molar-refractivity contribution >= 4 is 22.0 Å². The summed E-state index contributed by atoms with van der Waals surface area (Å²) in [5, 5.41) is 3.77. The Morgan fingerprint density at radius 1 is 1.53 bits per heavy atom. The molecule has 0 saturated carbocycles. The number of rotatable bonds is 2. The van der Waals surface area contributed by atoms with E-state index in [9.17, 15) is 4.79 Å². The maximum Gasteiger partial charge on any atom is 0.408 e. The van der Waals surface area contributed by atoms with Gasteiger partial charge in [0.15, 0.2) is 0 Å². The molecule has 0 aromatic heterocycles. The molecule has 0 bridgehead atoms. The highest BCUT2D eigenvalue weighted by atomic mass is 79.9. The van der Waals surface area contributed by atoms with Crippen molar-refractivity contribution in [2.45, 2.75) is 38.8 Å². The molecule has 3 nitrogen and oxygen atoms in total. The molecule has 1 rings (SSSR count). The van der Waals surface area contributed by atoms with Gasteiger partial charge < -0.3 is 10.1 Å². The molecule has 0 radical (unpaired) electrons. The van der Waals surface area contributed by atoms with Gasteiger partial charge in [0.25, 0.3) is 0 Å². The SMILES string of the molecule is CC(C)(C)OC(=O)N[C@H]1C=C[C@@H](CBr)C1. The molecule has 1 amide bonds. The summed E-state index contributed by atoms with van der Waals surface area (Å²) in [4.78, 5) is 11.4. The average molecular weight is 276 g/mol. The van der Waals surface area contributed by atoms with Gasteiger partial charge in [-0.1, -0.05) is 28.1 Å². The zero-order valence-corrected chi connectivity index (χ0v) is 11.0. The van der Waals surface area contributed by atoms with Gasteiger partial charge in [-0.2, -0.15) is 0 Å². The van der Waals surface area contributed by atoms with E-state index in [2.05, 4.69) is 27.3 Å². The zero-order chi connectivity index (χ0) is 11.5. The van der Waals surface area contributed by atoms with Crippen molar-refractivity contribution in [1.29, 1.82) is 0 Å². The summed E-state index contributed by atoms with van der Waals surface area (Å²) in [6.07, 6.45) is 4.75. The van der Waals surface area contributed by atoms with Gasteiger partial charge in [0.2, 0.25) is 0 Å². The minimum absolute atomic E-state index is 0.113. The summed E-state index contributed by atoms with van der Waals surface area (Å²) in [7, 11) is 0. The number of amides is 1. The van der Waals surface area contributed by atoms with E-state index in [0.29, 0.717) is 5.92 Å². The predicted molar refractivity (Wildman–Crippen MR) is 64.2 cm³/mol. The first kappa shape index (κ1) is 12.6. The number of alkyl carbamates (subject to hydrolysis) is 1. The Hall–Kier alpha value is -0.510. The lowest BCUT2D eigenvalue weighted by Crippen LogP contribution is -2.37. The lowest BCUT2D eigenvalue weighted by atomic mass is 10.1. The quantitative estimate of drug-likeness (QED) is 0.622. The Kier molecular flexibility index (Phi) is 4.20. The van der Waals surface area contributed by atoms with Crippen molar-refractivity contribution in [2.24, 2.45) is 5.92 Å². The number of carbonyl (C=O) groups is 1. The van der Waals surface area contributed by atoms with Crippen LogP contribution in [0.3, 0.4) is 0 Å². The second-order valence-corrected chi connectivity index (χ2v) is 5.44. The smallest absolute Gasteiger partial charge is 0.408 e. The molecular formula is C11H18BrNO2. The second kappa shape index (κ2) is 5.01. The number of ether oxygens (including phenoxy) is 1. The first-order valence-corrected chi connectivity index (χ1v) is 6.26. The lowest BCUT2D eigenvalue weighted by molar-refractivity contribution is 0.0513. The Balaban J connectivity index is 2.32. The Morgan fingerprint density at radius 3 is 2.67 bits per heavy atom. The highest BCUT2D eigenvalue weighted by Crippen LogP contribution is 2.20. The van der Waals surface area contributed by atoms with Gasteiger partial charge in [-0.15, -0.1) is 0 Å². The number of alkyl halides is 1. The summed E-state index contributed by atoms with van der Waals surface area (Å²) in [5.74, 6) is 0.518. The van der Waals surface area contributed by atoms with Gasteiger partial charge in [-0.05, 0) is 33.1 Å². The first-order chi connectivity index (χ1) is 6.90. The summed E-state index contributed by atoms with van der Waals surface area (Å²) in [6.45, 7) is 5.58. The number of hydrogen-bond donors (Lipinski definition) is 1. The number of hydrogen-bond acceptors (Lipinski definition) is 2. The highest BCUT2D eigenvalue weighted by Gasteiger charge is 2.22. The molecule has 0 aromatic carbocycles. The van der Waals surface area contributed by atoms with E-state index < -0.39 is 5.60 Å². The number of nitrogens with one attached hydrogen (secondary N) is 1. The minimum atomic E-state index is -0.429. The van der Waals surface area contributed by atoms with Crippen LogP contribution in [0.4, 0.5) is 4.79 Å². The second-order valence-electron chi connectivity index (χ2n) is 4.79. The van der Waals surface area contributed by atoms with Crippen LogP contribution in [-0.4, -0.2) is 23.1 Å². The summed E-state index contributed by atoms with van der Waals surface area (Å²) >= 11 is 3.42. The van der Waals surface area contributed by atoms with Crippen molar-refractivity contribution in [1.82, 2.24) is 5.32 Å². The van der Waals surface area contributed by atoms with Crippen molar-refractivity contribution in [3.63, 3.8) is 0 Å². The monoisotopic (exact) mass is 275 g/mol. The van der Waals surface area contributed by atoms with Crippen LogP contribution >= 0.6 is 15.9 Å². The average Bonchev–Trinajstić information content (AvgIpc) is 2.48. The fourth-order valence-corrected chi connectivity index (χ4v) is 1.94. The van der Waals surface area contributed by atoms with Crippen LogP contribution in [-0.2, 0) is 4.74 Å². The fourth-order valence-electron chi connectivity index (χ4n) is 1.45. The summed E-state index contributed by atoms with van der Waals surface area (Å²) in [6, 6.07) is 0.113. The third kappa shape index (κ3) is 4.69. The molecule has 0 fully saturated rings. The molecule has 0 unspecified atom stereocenters. The van der Waals surface area contributed by atoms with Gasteiger partial charge >= 0.3 is 6.09 Å². The lowest BCUT2D eigenvalue weighted by Gasteiger charge is -2.21. The van der Waals surface area contributed by atoms with Crippen LogP contribution < -0.4 is 5.32 Å². The van der Waals surface area contributed by atoms with Crippen LogP contribution in [0.5, 0.6) is 0 Å². The predicted octanol–water partition coefficient (Wildman–Crippen LogP) is 2.85. The molecular weight excluding hydrogens is 258 g/mol. The van der Waals surface area contributed by atoms with E-state index in [4.69, 9.17) is 4.74 Å². The van der Waals surface area contributed by atoms with Gasteiger partial charge in [-0.3, -0.25) is 0 Å². The number of allylic oxidation sites excluding steroid dienone is 1. The van der Waals surface area contributed by atoms with Crippen LogP contribution in [0.15, 0.2) is 12.2 Å². The molecule has 0 aromatic rings. The van der Waals surface area contributed by atoms with Gasteiger partial charge in [0.05, 0.1) is 6.04 Å². The van der Waals surface area contributed by atoms with E-state index in [-0.39, 0.29) is 12.1 Å². The normalized spacial score (nSPS) is 25.3. The minimum Gasteiger partial charge on any atom is -0.444 e. The van der Waals surface area contributed by atoms with Gasteiger partial charge in [0.1, 0.15) is 5.60 Å². The van der Waals surface area contributed by atoms with Gasteiger partial charge in [0, 0.05) is 5.33 Å². The number of carbonyl (C=O) groups excluding carboxylic acids is 1. The molecule has 86 valence electrons. The molecule has 0 saturated heterocycles. The van der Waals surface area contributed by atoms with E-state index >= 15 is 0 Å².